The van der Waals surface area contributed by atoms with Gasteiger partial charge in [-0.1, -0.05) is 12.1 Å². The largest absolute Gasteiger partial charge is 0.497 e. The van der Waals surface area contributed by atoms with E-state index in [1.807, 2.05) is 54.8 Å². The maximum absolute atomic E-state index is 12.7. The van der Waals surface area contributed by atoms with Gasteiger partial charge in [-0.05, 0) is 72.1 Å². The van der Waals surface area contributed by atoms with Crippen molar-refractivity contribution in [1.82, 2.24) is 20.2 Å². The van der Waals surface area contributed by atoms with Crippen molar-refractivity contribution in [2.45, 2.75) is 4.90 Å². The number of benzene rings is 3. The smallest absolute Gasteiger partial charge is 0.255 e. The molecule has 0 unspecified atom stereocenters. The zero-order chi connectivity index (χ0) is 20.9. The Bertz CT molecular complexity index is 1160. The Balaban J connectivity index is 1.58. The molecule has 150 valence electrons. The topological polar surface area (TPSA) is 81.9 Å². The number of carbonyl (C=O) groups is 1. The van der Waals surface area contributed by atoms with Crippen LogP contribution in [-0.2, 0) is 0 Å². The second-order valence-electron chi connectivity index (χ2n) is 6.33. The lowest BCUT2D eigenvalue weighted by Crippen LogP contribution is -2.12. The lowest BCUT2D eigenvalue weighted by Gasteiger charge is -2.09. The first kappa shape index (κ1) is 19.7. The van der Waals surface area contributed by atoms with Crippen molar-refractivity contribution in [2.75, 3.05) is 18.7 Å². The number of thioether (sulfide) groups is 1. The van der Waals surface area contributed by atoms with E-state index in [0.717, 1.165) is 10.6 Å². The number of para-hydroxylation sites is 1. The highest BCUT2D eigenvalue weighted by Crippen LogP contribution is 2.26. The molecule has 30 heavy (non-hydrogen) atoms. The zero-order valence-electron chi connectivity index (χ0n) is 16.4. The van der Waals surface area contributed by atoms with Gasteiger partial charge < -0.3 is 10.1 Å². The van der Waals surface area contributed by atoms with Gasteiger partial charge in [0.2, 0.25) is 5.82 Å². The van der Waals surface area contributed by atoms with Crippen LogP contribution in [0.3, 0.4) is 0 Å². The summed E-state index contributed by atoms with van der Waals surface area (Å²) in [6.07, 6.45) is 2.03. The van der Waals surface area contributed by atoms with Gasteiger partial charge in [0, 0.05) is 16.0 Å². The van der Waals surface area contributed by atoms with E-state index in [-0.39, 0.29) is 5.91 Å². The van der Waals surface area contributed by atoms with E-state index in [0.29, 0.717) is 28.4 Å². The molecular formula is C22H19N5O2S. The Hall–Kier alpha value is -3.65. The predicted octanol–water partition coefficient (Wildman–Crippen LogP) is 4.31. The van der Waals surface area contributed by atoms with Crippen molar-refractivity contribution >= 4 is 23.4 Å². The molecule has 8 heteroatoms. The molecule has 0 bridgehead atoms. The Morgan fingerprint density at radius 2 is 1.73 bits per heavy atom. The summed E-state index contributed by atoms with van der Waals surface area (Å²) in [4.78, 5) is 15.3. The summed E-state index contributed by atoms with van der Waals surface area (Å²) in [5.41, 5.74) is 2.63. The van der Waals surface area contributed by atoms with Crippen LogP contribution in [-0.4, -0.2) is 39.5 Å². The Labute approximate surface area is 178 Å². The number of carbonyl (C=O) groups excluding carboxylic acids is 1. The SMILES string of the molecule is COc1ccc(C(=O)Nc2ccccc2-c2nnn(-c3ccc(SC)cc3)n2)cc1. The number of tetrazole rings is 1. The van der Waals surface area contributed by atoms with Crippen LogP contribution in [0.1, 0.15) is 10.4 Å². The van der Waals surface area contributed by atoms with Gasteiger partial charge in [0.1, 0.15) is 5.75 Å². The fraction of sp³-hybridized carbons (Fsp3) is 0.0909. The number of hydrogen-bond acceptors (Lipinski definition) is 6. The molecule has 0 radical (unpaired) electrons. The summed E-state index contributed by atoms with van der Waals surface area (Å²) in [6.45, 7) is 0. The fourth-order valence-electron chi connectivity index (χ4n) is 2.87. The van der Waals surface area contributed by atoms with Gasteiger partial charge in [0.15, 0.2) is 0 Å². The van der Waals surface area contributed by atoms with Gasteiger partial charge in [-0.2, -0.15) is 0 Å². The van der Waals surface area contributed by atoms with Gasteiger partial charge in [-0.3, -0.25) is 4.79 Å². The lowest BCUT2D eigenvalue weighted by molar-refractivity contribution is 0.102. The molecule has 0 aliphatic rings. The summed E-state index contributed by atoms with van der Waals surface area (Å²) >= 11 is 1.67. The van der Waals surface area contributed by atoms with Crippen molar-refractivity contribution in [3.8, 4) is 22.8 Å². The third-order valence-corrected chi connectivity index (χ3v) is 5.23. The molecule has 7 nitrogen and oxygen atoms in total. The molecule has 1 N–H and O–H groups in total. The van der Waals surface area contributed by atoms with E-state index >= 15 is 0 Å². The Morgan fingerprint density at radius 1 is 1.00 bits per heavy atom. The number of hydrogen-bond donors (Lipinski definition) is 1. The van der Waals surface area contributed by atoms with Crippen molar-refractivity contribution in [3.63, 3.8) is 0 Å². The van der Waals surface area contributed by atoms with Gasteiger partial charge in [0.05, 0.1) is 18.5 Å². The first-order chi connectivity index (χ1) is 14.7. The van der Waals surface area contributed by atoms with Crippen LogP contribution in [0.5, 0.6) is 5.75 Å². The first-order valence-electron chi connectivity index (χ1n) is 9.17. The van der Waals surface area contributed by atoms with Crippen LogP contribution in [0.15, 0.2) is 77.7 Å². The average molecular weight is 417 g/mol. The number of nitrogens with zero attached hydrogens (tertiary/aromatic N) is 4. The molecular weight excluding hydrogens is 398 g/mol. The van der Waals surface area contributed by atoms with E-state index in [1.165, 1.54) is 4.80 Å². The highest BCUT2D eigenvalue weighted by molar-refractivity contribution is 7.98. The molecule has 1 aromatic heterocycles. The van der Waals surface area contributed by atoms with E-state index in [2.05, 4.69) is 20.7 Å². The van der Waals surface area contributed by atoms with Crippen LogP contribution in [0.25, 0.3) is 17.1 Å². The lowest BCUT2D eigenvalue weighted by atomic mass is 10.1. The molecule has 0 aliphatic carbocycles. The highest BCUT2D eigenvalue weighted by atomic mass is 32.2. The van der Waals surface area contributed by atoms with Crippen LogP contribution >= 0.6 is 11.8 Å². The second-order valence-corrected chi connectivity index (χ2v) is 7.21. The quantitative estimate of drug-likeness (QED) is 0.471. The summed E-state index contributed by atoms with van der Waals surface area (Å²) in [5, 5.41) is 15.8. The third-order valence-electron chi connectivity index (χ3n) is 4.49. The molecule has 0 atom stereocenters. The van der Waals surface area contributed by atoms with Crippen molar-refractivity contribution in [2.24, 2.45) is 0 Å². The Morgan fingerprint density at radius 3 is 2.43 bits per heavy atom. The van der Waals surface area contributed by atoms with Crippen LogP contribution in [0.4, 0.5) is 5.69 Å². The fourth-order valence-corrected chi connectivity index (χ4v) is 3.28. The van der Waals surface area contributed by atoms with Crippen LogP contribution < -0.4 is 10.1 Å². The maximum atomic E-state index is 12.7. The highest BCUT2D eigenvalue weighted by Gasteiger charge is 2.14. The van der Waals surface area contributed by atoms with Crippen molar-refractivity contribution in [3.05, 3.63) is 78.4 Å². The minimum atomic E-state index is -0.231. The number of anilines is 1. The normalized spacial score (nSPS) is 10.6. The molecule has 0 spiro atoms. The van der Waals surface area contributed by atoms with E-state index in [4.69, 9.17) is 4.74 Å². The maximum Gasteiger partial charge on any atom is 0.255 e. The second kappa shape index (κ2) is 8.79. The minimum absolute atomic E-state index is 0.231. The summed E-state index contributed by atoms with van der Waals surface area (Å²) in [5.74, 6) is 0.887. The van der Waals surface area contributed by atoms with Crippen molar-refractivity contribution in [1.29, 1.82) is 0 Å². The summed E-state index contributed by atoms with van der Waals surface area (Å²) in [7, 11) is 1.59. The zero-order valence-corrected chi connectivity index (χ0v) is 17.3. The molecule has 4 aromatic rings. The monoisotopic (exact) mass is 417 g/mol. The van der Waals surface area contributed by atoms with Crippen LogP contribution in [0, 0.1) is 0 Å². The van der Waals surface area contributed by atoms with E-state index < -0.39 is 0 Å². The Kier molecular flexibility index (Phi) is 5.76. The number of nitrogens with one attached hydrogen (secondary N) is 1. The molecule has 0 aliphatic heterocycles. The summed E-state index contributed by atoms with van der Waals surface area (Å²) in [6, 6.07) is 22.2. The molecule has 0 saturated heterocycles. The number of rotatable bonds is 6. The summed E-state index contributed by atoms with van der Waals surface area (Å²) < 4.78 is 5.14. The number of methoxy groups -OCH3 is 1. The predicted molar refractivity (Wildman–Crippen MR) is 117 cm³/mol. The third kappa shape index (κ3) is 4.18. The van der Waals surface area contributed by atoms with E-state index in [9.17, 15) is 4.79 Å². The molecule has 0 fully saturated rings. The van der Waals surface area contributed by atoms with Gasteiger partial charge in [-0.25, -0.2) is 0 Å². The minimum Gasteiger partial charge on any atom is -0.497 e. The van der Waals surface area contributed by atoms with Crippen molar-refractivity contribution < 1.29 is 9.53 Å². The molecule has 0 saturated carbocycles. The molecule has 1 heterocycles. The van der Waals surface area contributed by atoms with Gasteiger partial charge in [-0.15, -0.1) is 26.8 Å². The number of ether oxygens (including phenoxy) is 1. The molecule has 3 aromatic carbocycles. The van der Waals surface area contributed by atoms with Gasteiger partial charge in [0.25, 0.3) is 5.91 Å². The number of aromatic nitrogens is 4. The van der Waals surface area contributed by atoms with Crippen LogP contribution in [0.2, 0.25) is 0 Å². The average Bonchev–Trinajstić information content (AvgIpc) is 3.29. The van der Waals surface area contributed by atoms with E-state index in [1.54, 1.807) is 43.1 Å². The molecule has 1 amide bonds. The molecule has 4 rings (SSSR count). The van der Waals surface area contributed by atoms with Gasteiger partial charge >= 0.3 is 0 Å². The first-order valence-corrected chi connectivity index (χ1v) is 10.4. The standard InChI is InChI=1S/C22H19N5O2S/c1-29-17-11-7-15(8-12-17)22(28)23-20-6-4-3-5-19(20)21-24-26-27(25-21)16-9-13-18(30-2)14-10-16/h3-14H,1-2H3,(H,23,28). The number of amides is 1.